The molecule has 3 aromatic heterocycles. The second-order valence-corrected chi connectivity index (χ2v) is 12.7. The van der Waals surface area contributed by atoms with E-state index in [1.807, 2.05) is 52.5 Å². The zero-order valence-corrected chi connectivity index (χ0v) is 28.0. The van der Waals surface area contributed by atoms with Crippen molar-refractivity contribution in [2.45, 2.75) is 0 Å². The molecule has 0 unspecified atom stereocenters. The second-order valence-electron chi connectivity index (χ2n) is 11.6. The first kappa shape index (κ1) is 31.1. The van der Waals surface area contributed by atoms with Crippen molar-refractivity contribution in [3.63, 3.8) is 0 Å². The highest BCUT2D eigenvalue weighted by molar-refractivity contribution is 7.18. The van der Waals surface area contributed by atoms with E-state index in [1.165, 1.54) is 0 Å². The van der Waals surface area contributed by atoms with Gasteiger partial charge in [0.1, 0.15) is 18.0 Å². The maximum Gasteiger partial charge on any atom is 0.177 e. The Bertz CT molecular complexity index is 2160. The molecular formula is C38H34N8S. The summed E-state index contributed by atoms with van der Waals surface area (Å²) in [7, 11) is 12.0. The molecular weight excluding hydrogens is 601 g/mol. The van der Waals surface area contributed by atoms with E-state index in [0.717, 1.165) is 60.6 Å². The Labute approximate surface area is 279 Å². The van der Waals surface area contributed by atoms with E-state index in [0.29, 0.717) is 5.82 Å². The highest BCUT2D eigenvalue weighted by atomic mass is 32.1. The molecule has 0 aliphatic rings. The molecule has 6 rings (SSSR count). The Hall–Kier alpha value is -5.90. The lowest BCUT2D eigenvalue weighted by molar-refractivity contribution is 0.882. The molecule has 0 N–H and O–H groups in total. The van der Waals surface area contributed by atoms with Crippen LogP contribution in [-0.2, 0) is 14.1 Å². The van der Waals surface area contributed by atoms with Crippen LogP contribution in [0.25, 0.3) is 55.8 Å². The lowest BCUT2D eigenvalue weighted by Crippen LogP contribution is -2.08. The number of anilines is 2. The van der Waals surface area contributed by atoms with Gasteiger partial charge in [0, 0.05) is 69.7 Å². The predicted molar refractivity (Wildman–Crippen MR) is 193 cm³/mol. The van der Waals surface area contributed by atoms with E-state index >= 15 is 0 Å². The Morgan fingerprint density at radius 3 is 1.77 bits per heavy atom. The lowest BCUT2D eigenvalue weighted by Gasteiger charge is -2.14. The standard InChI is InChI=1S/C38H34N8S/c1-43(2)29-16-12-27(13-17-29)36-37(28-14-18-30(19-15-28)44(3)4)46(6)38(42-36)34-21-20-33(47-34)26-10-7-25(8-11-26)9-22-35-41-31(23-39)32(24-40)45(35)5/h7-22H,1-6H3/b22-9+. The summed E-state index contributed by atoms with van der Waals surface area (Å²) in [5.74, 6) is 1.48. The fourth-order valence-electron chi connectivity index (χ4n) is 5.50. The molecule has 6 aromatic rings. The van der Waals surface area contributed by atoms with Crippen molar-refractivity contribution in [1.82, 2.24) is 19.1 Å². The zero-order chi connectivity index (χ0) is 33.2. The average Bonchev–Trinajstić information content (AvgIpc) is 3.79. The van der Waals surface area contributed by atoms with Crippen LogP contribution in [0.1, 0.15) is 22.8 Å². The van der Waals surface area contributed by atoms with E-state index in [9.17, 15) is 10.5 Å². The van der Waals surface area contributed by atoms with Gasteiger partial charge >= 0.3 is 0 Å². The summed E-state index contributed by atoms with van der Waals surface area (Å²) in [5, 5.41) is 18.6. The van der Waals surface area contributed by atoms with Crippen molar-refractivity contribution in [3.05, 3.63) is 108 Å². The topological polar surface area (TPSA) is 89.7 Å². The highest BCUT2D eigenvalue weighted by Gasteiger charge is 2.21. The number of nitrogens with zero attached hydrogens (tertiary/aromatic N) is 8. The largest absolute Gasteiger partial charge is 0.378 e. The maximum absolute atomic E-state index is 9.33. The normalized spacial score (nSPS) is 11.1. The van der Waals surface area contributed by atoms with Crippen LogP contribution in [0, 0.1) is 22.7 Å². The second kappa shape index (κ2) is 12.8. The number of aromatic nitrogens is 4. The average molecular weight is 635 g/mol. The molecule has 0 atom stereocenters. The molecule has 0 aliphatic heterocycles. The summed E-state index contributed by atoms with van der Waals surface area (Å²) in [6.45, 7) is 0. The van der Waals surface area contributed by atoms with Crippen LogP contribution in [-0.4, -0.2) is 47.3 Å². The highest BCUT2D eigenvalue weighted by Crippen LogP contribution is 2.40. The van der Waals surface area contributed by atoms with Gasteiger partial charge < -0.3 is 18.9 Å². The lowest BCUT2D eigenvalue weighted by atomic mass is 10.0. The minimum Gasteiger partial charge on any atom is -0.378 e. The smallest absolute Gasteiger partial charge is 0.177 e. The van der Waals surface area contributed by atoms with Crippen molar-refractivity contribution in [3.8, 4) is 55.8 Å². The summed E-state index contributed by atoms with van der Waals surface area (Å²) in [6.07, 6.45) is 3.75. The Morgan fingerprint density at radius 2 is 1.21 bits per heavy atom. The van der Waals surface area contributed by atoms with Crippen LogP contribution in [0.2, 0.25) is 0 Å². The molecule has 0 aliphatic carbocycles. The third kappa shape index (κ3) is 6.05. The maximum atomic E-state index is 9.33. The van der Waals surface area contributed by atoms with Gasteiger partial charge in [0.05, 0.1) is 16.3 Å². The van der Waals surface area contributed by atoms with Crippen LogP contribution < -0.4 is 9.80 Å². The molecule has 0 amide bonds. The van der Waals surface area contributed by atoms with Gasteiger partial charge in [-0.15, -0.1) is 11.3 Å². The number of benzene rings is 3. The van der Waals surface area contributed by atoms with Crippen molar-refractivity contribution in [2.24, 2.45) is 14.1 Å². The van der Waals surface area contributed by atoms with E-state index in [-0.39, 0.29) is 11.4 Å². The summed E-state index contributed by atoms with van der Waals surface area (Å²) in [5.41, 5.74) is 9.00. The molecule has 8 nitrogen and oxygen atoms in total. The van der Waals surface area contributed by atoms with Crippen molar-refractivity contribution >= 4 is 34.9 Å². The summed E-state index contributed by atoms with van der Waals surface area (Å²) in [4.78, 5) is 16.0. The minimum absolute atomic E-state index is 0.134. The number of hydrogen-bond acceptors (Lipinski definition) is 7. The minimum atomic E-state index is 0.134. The van der Waals surface area contributed by atoms with Gasteiger partial charge in [-0.2, -0.15) is 10.5 Å². The van der Waals surface area contributed by atoms with Gasteiger partial charge in [-0.05, 0) is 53.6 Å². The van der Waals surface area contributed by atoms with Crippen molar-refractivity contribution in [2.75, 3.05) is 38.0 Å². The van der Waals surface area contributed by atoms with Gasteiger partial charge in [-0.3, -0.25) is 0 Å². The quantitative estimate of drug-likeness (QED) is 0.169. The van der Waals surface area contributed by atoms with Crippen LogP contribution in [0.5, 0.6) is 0 Å². The number of imidazole rings is 2. The van der Waals surface area contributed by atoms with Gasteiger partial charge in [-0.25, -0.2) is 9.97 Å². The van der Waals surface area contributed by atoms with E-state index in [2.05, 4.69) is 111 Å². The van der Waals surface area contributed by atoms with Gasteiger partial charge in [0.2, 0.25) is 0 Å². The van der Waals surface area contributed by atoms with Crippen LogP contribution in [0.3, 0.4) is 0 Å². The monoisotopic (exact) mass is 634 g/mol. The molecule has 3 aromatic carbocycles. The number of hydrogen-bond donors (Lipinski definition) is 0. The first-order valence-corrected chi connectivity index (χ1v) is 15.9. The van der Waals surface area contributed by atoms with Gasteiger partial charge in [0.15, 0.2) is 17.2 Å². The first-order valence-electron chi connectivity index (χ1n) is 15.1. The molecule has 0 spiro atoms. The van der Waals surface area contributed by atoms with E-state index in [4.69, 9.17) is 4.98 Å². The third-order valence-electron chi connectivity index (χ3n) is 8.20. The Morgan fingerprint density at radius 1 is 0.638 bits per heavy atom. The molecule has 0 saturated heterocycles. The summed E-state index contributed by atoms with van der Waals surface area (Å²) >= 11 is 1.72. The summed E-state index contributed by atoms with van der Waals surface area (Å²) < 4.78 is 3.83. The fourth-order valence-corrected chi connectivity index (χ4v) is 6.54. The van der Waals surface area contributed by atoms with Crippen molar-refractivity contribution in [1.29, 1.82) is 10.5 Å². The third-order valence-corrected chi connectivity index (χ3v) is 9.33. The molecule has 9 heteroatoms. The summed E-state index contributed by atoms with van der Waals surface area (Å²) in [6, 6.07) is 33.8. The number of thiophene rings is 1. The van der Waals surface area contributed by atoms with Crippen molar-refractivity contribution < 1.29 is 0 Å². The number of nitriles is 2. The molecule has 0 saturated carbocycles. The Balaban J connectivity index is 1.32. The molecule has 232 valence electrons. The molecule has 0 radical (unpaired) electrons. The van der Waals surface area contributed by atoms with Crippen LogP contribution in [0.4, 0.5) is 11.4 Å². The predicted octanol–water partition coefficient (Wildman–Crippen LogP) is 7.93. The molecule has 47 heavy (non-hydrogen) atoms. The number of rotatable bonds is 8. The molecule has 3 heterocycles. The Kier molecular flexibility index (Phi) is 8.50. The van der Waals surface area contributed by atoms with Gasteiger partial charge in [-0.1, -0.05) is 54.6 Å². The van der Waals surface area contributed by atoms with Crippen LogP contribution >= 0.6 is 11.3 Å². The van der Waals surface area contributed by atoms with E-state index < -0.39 is 0 Å². The zero-order valence-electron chi connectivity index (χ0n) is 27.2. The molecule has 0 fully saturated rings. The molecule has 0 bridgehead atoms. The van der Waals surface area contributed by atoms with Gasteiger partial charge in [0.25, 0.3) is 0 Å². The van der Waals surface area contributed by atoms with E-state index in [1.54, 1.807) is 23.0 Å². The SMILES string of the molecule is CN(C)c1ccc(-c2nc(-c3ccc(-c4ccc(/C=C/c5nc(C#N)c(C#N)n5C)cc4)s3)n(C)c2-c2ccc(N(C)C)cc2)cc1. The van der Waals surface area contributed by atoms with Crippen LogP contribution in [0.15, 0.2) is 84.9 Å². The fraction of sp³-hybridized carbons (Fsp3) is 0.158. The first-order chi connectivity index (χ1) is 22.7.